The van der Waals surface area contributed by atoms with E-state index < -0.39 is 0 Å². The molecule has 10 nitrogen and oxygen atoms in total. The van der Waals surface area contributed by atoms with Gasteiger partial charge in [0.25, 0.3) is 11.9 Å². The third kappa shape index (κ3) is 3.97. The van der Waals surface area contributed by atoms with Crippen LogP contribution in [0.25, 0.3) is 28.7 Å². The molecule has 1 N–H and O–H groups in total. The number of carbonyl (C=O) groups is 1. The van der Waals surface area contributed by atoms with Gasteiger partial charge in [-0.15, -0.1) is 0 Å². The SMILES string of the molecule is O=C(NCc1ccccn1)c1cnn(-c2nccc(-c3ccc4c(c3)OCO4)n2)c1-c1ccco1. The number of benzene rings is 1. The molecule has 0 spiro atoms. The van der Waals surface area contributed by atoms with Gasteiger partial charge >= 0.3 is 0 Å². The number of rotatable bonds is 6. The lowest BCUT2D eigenvalue weighted by atomic mass is 10.1. The number of hydrogen-bond acceptors (Lipinski definition) is 8. The normalized spacial score (nSPS) is 12.0. The molecule has 10 heteroatoms. The molecule has 0 aliphatic carbocycles. The Morgan fingerprint density at radius 2 is 1.94 bits per heavy atom. The summed E-state index contributed by atoms with van der Waals surface area (Å²) in [5, 5.41) is 7.30. The van der Waals surface area contributed by atoms with Gasteiger partial charge < -0.3 is 19.2 Å². The first kappa shape index (κ1) is 20.6. The van der Waals surface area contributed by atoms with E-state index in [1.54, 1.807) is 30.6 Å². The zero-order valence-electron chi connectivity index (χ0n) is 18.3. The fourth-order valence-corrected chi connectivity index (χ4v) is 3.75. The van der Waals surface area contributed by atoms with E-state index >= 15 is 0 Å². The van der Waals surface area contributed by atoms with Gasteiger partial charge in [-0.25, -0.2) is 9.97 Å². The van der Waals surface area contributed by atoms with Crippen molar-refractivity contribution in [3.63, 3.8) is 0 Å². The first-order valence-corrected chi connectivity index (χ1v) is 10.8. The highest BCUT2D eigenvalue weighted by molar-refractivity contribution is 5.99. The molecule has 0 saturated heterocycles. The lowest BCUT2D eigenvalue weighted by Gasteiger charge is -2.09. The molecule has 5 heterocycles. The van der Waals surface area contributed by atoms with Crippen LogP contribution in [-0.2, 0) is 6.54 Å². The van der Waals surface area contributed by atoms with Gasteiger partial charge in [0.2, 0.25) is 6.79 Å². The Morgan fingerprint density at radius 3 is 2.80 bits per heavy atom. The predicted molar refractivity (Wildman–Crippen MR) is 124 cm³/mol. The van der Waals surface area contributed by atoms with Crippen LogP contribution in [0.1, 0.15) is 16.1 Å². The van der Waals surface area contributed by atoms with Gasteiger partial charge in [0.05, 0.1) is 36.0 Å². The van der Waals surface area contributed by atoms with E-state index in [-0.39, 0.29) is 25.2 Å². The summed E-state index contributed by atoms with van der Waals surface area (Å²) >= 11 is 0. The number of nitrogens with one attached hydrogen (secondary N) is 1. The quantitative estimate of drug-likeness (QED) is 0.403. The van der Waals surface area contributed by atoms with Crippen LogP contribution in [0.5, 0.6) is 11.5 Å². The van der Waals surface area contributed by atoms with Crippen molar-refractivity contribution in [1.82, 2.24) is 30.0 Å². The van der Waals surface area contributed by atoms with Crippen molar-refractivity contribution in [3.8, 4) is 40.2 Å². The maximum Gasteiger partial charge on any atom is 0.255 e. The third-order valence-corrected chi connectivity index (χ3v) is 5.43. The number of carbonyl (C=O) groups excluding carboxylic acids is 1. The second kappa shape index (κ2) is 8.75. The van der Waals surface area contributed by atoms with Gasteiger partial charge in [-0.2, -0.15) is 9.78 Å². The number of amides is 1. The molecule has 6 rings (SSSR count). The highest BCUT2D eigenvalue weighted by Crippen LogP contribution is 2.35. The number of aromatic nitrogens is 5. The molecule has 1 aliphatic heterocycles. The predicted octanol–water partition coefficient (Wildman–Crippen LogP) is 3.64. The smallest absolute Gasteiger partial charge is 0.255 e. The van der Waals surface area contributed by atoms with Crippen LogP contribution in [0.15, 0.2) is 83.9 Å². The van der Waals surface area contributed by atoms with Crippen LogP contribution in [0.3, 0.4) is 0 Å². The summed E-state index contributed by atoms with van der Waals surface area (Å²) in [6.45, 7) is 0.470. The number of furan rings is 1. The van der Waals surface area contributed by atoms with Gasteiger partial charge in [-0.05, 0) is 48.5 Å². The molecule has 1 amide bonds. The van der Waals surface area contributed by atoms with E-state index in [0.717, 1.165) is 11.3 Å². The van der Waals surface area contributed by atoms with E-state index in [2.05, 4.69) is 25.4 Å². The summed E-state index contributed by atoms with van der Waals surface area (Å²) < 4.78 is 18.0. The zero-order valence-corrected chi connectivity index (χ0v) is 18.3. The number of ether oxygens (including phenoxy) is 2. The number of hydrogen-bond donors (Lipinski definition) is 1. The minimum atomic E-state index is -0.319. The first-order valence-electron chi connectivity index (χ1n) is 10.8. The van der Waals surface area contributed by atoms with Crippen LogP contribution >= 0.6 is 0 Å². The van der Waals surface area contributed by atoms with Crippen LogP contribution < -0.4 is 14.8 Å². The highest BCUT2D eigenvalue weighted by Gasteiger charge is 2.23. The van der Waals surface area contributed by atoms with Gasteiger partial charge in [0.1, 0.15) is 5.69 Å². The summed E-state index contributed by atoms with van der Waals surface area (Å²) in [5.74, 6) is 1.78. The minimum Gasteiger partial charge on any atom is -0.463 e. The lowest BCUT2D eigenvalue weighted by molar-refractivity contribution is 0.0951. The van der Waals surface area contributed by atoms with E-state index in [9.17, 15) is 4.79 Å². The van der Waals surface area contributed by atoms with Crippen molar-refractivity contribution in [2.75, 3.05) is 6.79 Å². The Bertz CT molecular complexity index is 1500. The number of pyridine rings is 1. The lowest BCUT2D eigenvalue weighted by Crippen LogP contribution is -2.23. The largest absolute Gasteiger partial charge is 0.463 e. The first-order chi connectivity index (χ1) is 17.3. The van der Waals surface area contributed by atoms with Crippen LogP contribution in [0.2, 0.25) is 0 Å². The average Bonchev–Trinajstić information content (AvgIpc) is 3.67. The van der Waals surface area contributed by atoms with Gasteiger partial charge in [0.15, 0.2) is 17.3 Å². The molecule has 0 unspecified atom stereocenters. The second-order valence-corrected chi connectivity index (χ2v) is 7.61. The molecule has 0 bridgehead atoms. The third-order valence-electron chi connectivity index (χ3n) is 5.43. The molecule has 35 heavy (non-hydrogen) atoms. The monoisotopic (exact) mass is 466 g/mol. The zero-order chi connectivity index (χ0) is 23.6. The minimum absolute atomic E-state index is 0.193. The topological polar surface area (TPSA) is 117 Å². The van der Waals surface area contributed by atoms with E-state index in [0.29, 0.717) is 34.2 Å². The van der Waals surface area contributed by atoms with Crippen molar-refractivity contribution in [3.05, 3.63) is 90.7 Å². The summed E-state index contributed by atoms with van der Waals surface area (Å²) in [6.07, 6.45) is 6.32. The molecule has 1 aromatic carbocycles. The molecule has 5 aromatic rings. The maximum atomic E-state index is 13.1. The molecule has 0 saturated carbocycles. The van der Waals surface area contributed by atoms with Gasteiger partial charge in [0, 0.05) is 18.0 Å². The highest BCUT2D eigenvalue weighted by atomic mass is 16.7. The Kier molecular flexibility index (Phi) is 5.15. The summed E-state index contributed by atoms with van der Waals surface area (Å²) in [5.41, 5.74) is 3.00. The number of nitrogens with zero attached hydrogens (tertiary/aromatic N) is 5. The molecule has 0 radical (unpaired) electrons. The van der Waals surface area contributed by atoms with Crippen molar-refractivity contribution in [2.45, 2.75) is 6.54 Å². The van der Waals surface area contributed by atoms with E-state index in [4.69, 9.17) is 13.9 Å². The Hall–Kier alpha value is -4.99. The molecular weight excluding hydrogens is 448 g/mol. The van der Waals surface area contributed by atoms with Crippen LogP contribution in [0, 0.1) is 0 Å². The van der Waals surface area contributed by atoms with E-state index in [1.165, 1.54) is 17.1 Å². The second-order valence-electron chi connectivity index (χ2n) is 7.61. The Balaban J connectivity index is 1.36. The van der Waals surface area contributed by atoms with Crippen molar-refractivity contribution >= 4 is 5.91 Å². The summed E-state index contributed by atoms with van der Waals surface area (Å²) in [6, 6.07) is 16.4. The van der Waals surface area contributed by atoms with Crippen LogP contribution in [-0.4, -0.2) is 37.4 Å². The molecule has 0 fully saturated rings. The fourth-order valence-electron chi connectivity index (χ4n) is 3.75. The molecule has 172 valence electrons. The fraction of sp³-hybridized carbons (Fsp3) is 0.0800. The van der Waals surface area contributed by atoms with Crippen LogP contribution in [0.4, 0.5) is 0 Å². The Morgan fingerprint density at radius 1 is 1.00 bits per heavy atom. The molecule has 1 aliphatic rings. The molecule has 0 atom stereocenters. The van der Waals surface area contributed by atoms with Gasteiger partial charge in [-0.1, -0.05) is 6.07 Å². The van der Waals surface area contributed by atoms with E-state index in [1.807, 2.05) is 36.4 Å². The van der Waals surface area contributed by atoms with Crippen molar-refractivity contribution in [2.24, 2.45) is 0 Å². The Labute approximate surface area is 199 Å². The molecular formula is C25H18N6O4. The summed E-state index contributed by atoms with van der Waals surface area (Å²) in [7, 11) is 0. The average molecular weight is 466 g/mol. The standard InChI is InChI=1S/C25H18N6O4/c32-24(28-13-17-4-1-2-9-26-17)18-14-29-31(23(18)21-5-3-11-33-21)25-27-10-8-19(30-25)16-6-7-20-22(12-16)35-15-34-20/h1-12,14H,13,15H2,(H,28,32). The van der Waals surface area contributed by atoms with Gasteiger partial charge in [-0.3, -0.25) is 9.78 Å². The molecule has 4 aromatic heterocycles. The number of fused-ring (bicyclic) bond motifs is 1. The van der Waals surface area contributed by atoms with Crippen molar-refractivity contribution < 1.29 is 18.7 Å². The summed E-state index contributed by atoms with van der Waals surface area (Å²) in [4.78, 5) is 26.4. The van der Waals surface area contributed by atoms with Crippen molar-refractivity contribution in [1.29, 1.82) is 0 Å². The maximum absolute atomic E-state index is 13.1.